The fraction of sp³-hybridized carbons (Fsp3) is 0.0597. The van der Waals surface area contributed by atoms with Gasteiger partial charge in [0.25, 0.3) is 0 Å². The lowest BCUT2D eigenvalue weighted by Gasteiger charge is -2.10. The quantitative estimate of drug-likeness (QED) is 0.153. The SMILES string of the molecule is C=Cc1c(/C=C\C)oc2cc(-c3ccc4c(c3)c3cc(-c5cccc(-c6ccc7c(c6)c6cc(-c8ccc9c(c8)oc8ccncc89)ccc6n7C6=CCCCC=C6)c5)ccc3n4-c3ccccc3)ccc12. The first kappa shape index (κ1) is 41.8. The average molecular weight is 926 g/mol. The van der Waals surface area contributed by atoms with Gasteiger partial charge in [0, 0.05) is 67.0 Å². The number of nitrogens with zero attached hydrogens (tertiary/aromatic N) is 3. The van der Waals surface area contributed by atoms with Gasteiger partial charge in [-0.2, -0.15) is 0 Å². The summed E-state index contributed by atoms with van der Waals surface area (Å²) in [6.45, 7) is 6.08. The molecule has 5 heterocycles. The van der Waals surface area contributed by atoms with Crippen LogP contribution < -0.4 is 0 Å². The van der Waals surface area contributed by atoms with Crippen molar-refractivity contribution in [2.24, 2.45) is 0 Å². The lowest BCUT2D eigenvalue weighted by molar-refractivity contribution is 0.603. The number of pyridine rings is 1. The maximum Gasteiger partial charge on any atom is 0.138 e. The van der Waals surface area contributed by atoms with Crippen LogP contribution in [-0.4, -0.2) is 14.1 Å². The lowest BCUT2D eigenvalue weighted by Crippen LogP contribution is -1.94. The van der Waals surface area contributed by atoms with E-state index in [-0.39, 0.29) is 0 Å². The van der Waals surface area contributed by atoms with Crippen molar-refractivity contribution < 1.29 is 8.83 Å². The molecule has 0 fully saturated rings. The summed E-state index contributed by atoms with van der Waals surface area (Å²) in [7, 11) is 0. The topological polar surface area (TPSA) is 49.0 Å². The van der Waals surface area contributed by atoms with Crippen LogP contribution in [0.3, 0.4) is 0 Å². The summed E-state index contributed by atoms with van der Waals surface area (Å²) < 4.78 is 17.5. The molecule has 0 N–H and O–H groups in total. The zero-order chi connectivity index (χ0) is 47.9. The van der Waals surface area contributed by atoms with Gasteiger partial charge in [0.15, 0.2) is 0 Å². The minimum Gasteiger partial charge on any atom is -0.456 e. The number of hydrogen-bond acceptors (Lipinski definition) is 3. The Kier molecular flexibility index (Phi) is 9.71. The predicted molar refractivity (Wildman–Crippen MR) is 302 cm³/mol. The Morgan fingerprint density at radius 1 is 0.486 bits per heavy atom. The minimum atomic E-state index is 0.827. The zero-order valence-corrected chi connectivity index (χ0v) is 39.8. The molecule has 5 heteroatoms. The van der Waals surface area contributed by atoms with Crippen LogP contribution in [0.5, 0.6) is 0 Å². The molecular formula is C67H47N3O2. The van der Waals surface area contributed by atoms with Gasteiger partial charge in [0.2, 0.25) is 0 Å². The van der Waals surface area contributed by atoms with E-state index in [0.717, 1.165) is 102 Å². The number of aromatic nitrogens is 3. The van der Waals surface area contributed by atoms with Gasteiger partial charge in [-0.25, -0.2) is 0 Å². The van der Waals surface area contributed by atoms with E-state index < -0.39 is 0 Å². The maximum absolute atomic E-state index is 6.36. The largest absolute Gasteiger partial charge is 0.456 e. The fourth-order valence-corrected chi connectivity index (χ4v) is 11.3. The summed E-state index contributed by atoms with van der Waals surface area (Å²) in [6.07, 6.45) is 19.9. The van der Waals surface area contributed by atoms with Crippen molar-refractivity contribution in [3.63, 3.8) is 0 Å². The molecule has 0 unspecified atom stereocenters. The molecule has 0 amide bonds. The van der Waals surface area contributed by atoms with Crippen LogP contribution in [0.1, 0.15) is 37.5 Å². The molecule has 342 valence electrons. The molecule has 1 aliphatic carbocycles. The highest BCUT2D eigenvalue weighted by Gasteiger charge is 2.19. The van der Waals surface area contributed by atoms with Gasteiger partial charge < -0.3 is 18.0 Å². The van der Waals surface area contributed by atoms with Crippen molar-refractivity contribution in [2.45, 2.75) is 26.2 Å². The Morgan fingerprint density at radius 3 is 1.65 bits per heavy atom. The van der Waals surface area contributed by atoms with E-state index >= 15 is 0 Å². The van der Waals surface area contributed by atoms with Crippen molar-refractivity contribution in [2.75, 3.05) is 0 Å². The van der Waals surface area contributed by atoms with Gasteiger partial charge in [0.05, 0.1) is 22.1 Å². The summed E-state index contributed by atoms with van der Waals surface area (Å²) in [5.41, 5.74) is 19.8. The van der Waals surface area contributed by atoms with Gasteiger partial charge in [-0.3, -0.25) is 4.98 Å². The second kappa shape index (κ2) is 16.8. The highest BCUT2D eigenvalue weighted by atomic mass is 16.3. The maximum atomic E-state index is 6.36. The third kappa shape index (κ3) is 6.73. The number of hydrogen-bond donors (Lipinski definition) is 0. The second-order valence-electron chi connectivity index (χ2n) is 19.0. The second-order valence-corrected chi connectivity index (χ2v) is 19.0. The van der Waals surface area contributed by atoms with E-state index in [9.17, 15) is 0 Å². The lowest BCUT2D eigenvalue weighted by atomic mass is 9.96. The van der Waals surface area contributed by atoms with Crippen LogP contribution in [0.4, 0.5) is 0 Å². The van der Waals surface area contributed by atoms with E-state index in [4.69, 9.17) is 8.83 Å². The molecule has 0 saturated carbocycles. The number of furan rings is 2. The van der Waals surface area contributed by atoms with E-state index in [2.05, 4.69) is 203 Å². The van der Waals surface area contributed by atoms with Crippen molar-refractivity contribution in [1.29, 1.82) is 0 Å². The van der Waals surface area contributed by atoms with E-state index in [0.29, 0.717) is 0 Å². The fourth-order valence-electron chi connectivity index (χ4n) is 11.3. The minimum absolute atomic E-state index is 0.827. The molecule has 1 aliphatic rings. The first-order valence-electron chi connectivity index (χ1n) is 24.9. The van der Waals surface area contributed by atoms with Crippen LogP contribution in [0.15, 0.2) is 222 Å². The van der Waals surface area contributed by atoms with Crippen LogP contribution in [0, 0.1) is 0 Å². The monoisotopic (exact) mass is 925 g/mol. The number of benzene rings is 8. The number of rotatable bonds is 8. The third-order valence-electron chi connectivity index (χ3n) is 14.8. The first-order chi connectivity index (χ1) is 35.6. The first-order valence-corrected chi connectivity index (χ1v) is 24.9. The molecule has 0 atom stereocenters. The molecule has 0 saturated heterocycles. The normalized spacial score (nSPS) is 13.2. The Morgan fingerprint density at radius 2 is 1.04 bits per heavy atom. The molecule has 5 aromatic heterocycles. The molecule has 72 heavy (non-hydrogen) atoms. The summed E-state index contributed by atoms with van der Waals surface area (Å²) in [5, 5.41) is 8.01. The smallest absolute Gasteiger partial charge is 0.138 e. The highest BCUT2D eigenvalue weighted by Crippen LogP contribution is 2.42. The number of fused-ring (bicyclic) bond motifs is 10. The summed E-state index contributed by atoms with van der Waals surface area (Å²) in [6, 6.07) is 62.4. The van der Waals surface area contributed by atoms with Gasteiger partial charge >= 0.3 is 0 Å². The van der Waals surface area contributed by atoms with E-state index in [1.807, 2.05) is 37.4 Å². The molecule has 0 aliphatic heterocycles. The van der Waals surface area contributed by atoms with Crippen LogP contribution in [0.2, 0.25) is 0 Å². The highest BCUT2D eigenvalue weighted by molar-refractivity contribution is 6.14. The molecule has 5 nitrogen and oxygen atoms in total. The Hall–Kier alpha value is -9.19. The molecule has 14 rings (SSSR count). The number of allylic oxidation sites excluding steroid dienone is 5. The Bertz CT molecular complexity index is 4450. The molecular weight excluding hydrogens is 879 g/mol. The van der Waals surface area contributed by atoms with Gasteiger partial charge in [-0.15, -0.1) is 0 Å². The third-order valence-corrected chi connectivity index (χ3v) is 14.8. The van der Waals surface area contributed by atoms with Gasteiger partial charge in [0.1, 0.15) is 22.5 Å². The van der Waals surface area contributed by atoms with Gasteiger partial charge in [-0.1, -0.05) is 104 Å². The molecule has 8 aromatic carbocycles. The van der Waals surface area contributed by atoms with Crippen molar-refractivity contribution in [1.82, 2.24) is 14.1 Å². The average Bonchev–Trinajstić information content (AvgIpc) is 4.11. The van der Waals surface area contributed by atoms with E-state index in [1.165, 1.54) is 60.5 Å². The summed E-state index contributed by atoms with van der Waals surface area (Å²) in [4.78, 5) is 4.35. The van der Waals surface area contributed by atoms with Crippen LogP contribution >= 0.6 is 0 Å². The molecule has 0 radical (unpaired) electrons. The standard InChI is InChI=1S/C67H47N3O2/c1-3-13-64-52(4-2)53-26-20-48(39-66(53)71-64)46-24-30-63-57(37-46)56-36-45(23-29-61(56)70(63)51-18-10-7-11-19-51)43-15-12-14-42(34-43)44-22-28-60-55(35-44)58-38-47(25-31-62(58)69(60)50-16-8-5-6-9-17-50)49-21-27-54-59-41-68-33-32-65(59)72-67(54)40-49/h3-4,7-8,10-41H,2,5-6,9H2,1H3/b13-3-. The predicted octanol–water partition coefficient (Wildman–Crippen LogP) is 18.9. The van der Waals surface area contributed by atoms with Crippen LogP contribution in [0.25, 0.3) is 145 Å². The molecule has 13 aromatic rings. The number of para-hydroxylation sites is 1. The van der Waals surface area contributed by atoms with E-state index in [1.54, 1.807) is 6.20 Å². The van der Waals surface area contributed by atoms with Crippen molar-refractivity contribution >= 4 is 94.4 Å². The van der Waals surface area contributed by atoms with Crippen molar-refractivity contribution in [3.8, 4) is 50.2 Å². The summed E-state index contributed by atoms with van der Waals surface area (Å²) in [5.74, 6) is 0.827. The summed E-state index contributed by atoms with van der Waals surface area (Å²) >= 11 is 0. The van der Waals surface area contributed by atoms with Crippen molar-refractivity contribution in [3.05, 3.63) is 224 Å². The van der Waals surface area contributed by atoms with Crippen LogP contribution in [-0.2, 0) is 0 Å². The zero-order valence-electron chi connectivity index (χ0n) is 39.8. The Balaban J connectivity index is 0.890. The molecule has 0 bridgehead atoms. The van der Waals surface area contributed by atoms with Gasteiger partial charge in [-0.05, 0) is 180 Å². The Labute approximate surface area is 416 Å². The molecule has 0 spiro atoms.